The molecule has 0 spiro atoms. The van der Waals surface area contributed by atoms with Crippen LogP contribution in [0, 0.1) is 0 Å². The third-order valence-corrected chi connectivity index (χ3v) is 3.40. The molecule has 1 aliphatic rings. The van der Waals surface area contributed by atoms with Gasteiger partial charge in [-0.15, -0.1) is 0 Å². The lowest BCUT2D eigenvalue weighted by molar-refractivity contribution is 0.144. The average Bonchev–Trinajstić information content (AvgIpc) is 2.37. The average molecular weight is 271 g/mol. The molecule has 0 radical (unpaired) electrons. The number of nitrogens with two attached hydrogens (primary N) is 1. The zero-order chi connectivity index (χ0) is 13.0. The van der Waals surface area contributed by atoms with Crippen molar-refractivity contribution in [1.82, 2.24) is 9.88 Å². The van der Waals surface area contributed by atoms with E-state index in [1.165, 1.54) is 0 Å². The van der Waals surface area contributed by atoms with Gasteiger partial charge in [-0.05, 0) is 6.07 Å². The number of hydrogen-bond acceptors (Lipinski definition) is 5. The number of anilines is 2. The summed E-state index contributed by atoms with van der Waals surface area (Å²) in [5.74, 6) is 0.831. The lowest BCUT2D eigenvalue weighted by atomic mass is 10.3. The normalized spacial score (nSPS) is 17.1. The van der Waals surface area contributed by atoms with Crippen LogP contribution in [0.3, 0.4) is 0 Å². The van der Waals surface area contributed by atoms with E-state index >= 15 is 0 Å². The van der Waals surface area contributed by atoms with E-state index in [2.05, 4.69) is 14.8 Å². The Bertz CT molecular complexity index is 394. The lowest BCUT2D eigenvalue weighted by Crippen LogP contribution is -2.47. The molecule has 2 rings (SSSR count). The second-order valence-electron chi connectivity index (χ2n) is 4.40. The van der Waals surface area contributed by atoms with Gasteiger partial charge in [-0.2, -0.15) is 0 Å². The molecule has 1 saturated heterocycles. The van der Waals surface area contributed by atoms with Crippen LogP contribution in [0.15, 0.2) is 12.3 Å². The molecule has 100 valence electrons. The van der Waals surface area contributed by atoms with Crippen LogP contribution in [-0.2, 0) is 4.74 Å². The van der Waals surface area contributed by atoms with Crippen LogP contribution >= 0.6 is 11.6 Å². The molecular weight excluding hydrogens is 252 g/mol. The van der Waals surface area contributed by atoms with Crippen LogP contribution < -0.4 is 10.6 Å². The Labute approximate surface area is 112 Å². The number of piperazine rings is 1. The molecule has 1 aromatic rings. The molecule has 2 heterocycles. The fourth-order valence-corrected chi connectivity index (χ4v) is 2.38. The van der Waals surface area contributed by atoms with Gasteiger partial charge in [0.25, 0.3) is 0 Å². The highest BCUT2D eigenvalue weighted by atomic mass is 35.5. The molecule has 0 saturated carbocycles. The first-order valence-electron chi connectivity index (χ1n) is 6.08. The standard InChI is InChI=1S/C12H19ClN4O/c1-18-7-6-16-2-4-17(5-3-16)12-11(13)8-10(14)9-15-12/h8-9H,2-7,14H2,1H3. The summed E-state index contributed by atoms with van der Waals surface area (Å²) < 4.78 is 5.09. The topological polar surface area (TPSA) is 54.6 Å². The van der Waals surface area contributed by atoms with Gasteiger partial charge in [0.05, 0.1) is 23.5 Å². The number of ether oxygens (including phenoxy) is 1. The third kappa shape index (κ3) is 3.25. The Hall–Kier alpha value is -1.04. The van der Waals surface area contributed by atoms with Gasteiger partial charge in [-0.25, -0.2) is 4.98 Å². The summed E-state index contributed by atoms with van der Waals surface area (Å²) >= 11 is 6.17. The highest BCUT2D eigenvalue weighted by Gasteiger charge is 2.19. The minimum Gasteiger partial charge on any atom is -0.397 e. The summed E-state index contributed by atoms with van der Waals surface area (Å²) in [4.78, 5) is 8.89. The highest BCUT2D eigenvalue weighted by molar-refractivity contribution is 6.33. The van der Waals surface area contributed by atoms with Crippen LogP contribution in [0.1, 0.15) is 0 Å². The minimum absolute atomic E-state index is 0.600. The van der Waals surface area contributed by atoms with Crippen LogP contribution in [0.25, 0.3) is 0 Å². The molecule has 0 atom stereocenters. The molecule has 1 aliphatic heterocycles. The van der Waals surface area contributed by atoms with Gasteiger partial charge in [0.15, 0.2) is 0 Å². The van der Waals surface area contributed by atoms with E-state index in [1.807, 2.05) is 0 Å². The Morgan fingerprint density at radius 2 is 2.11 bits per heavy atom. The molecule has 0 aliphatic carbocycles. The maximum absolute atomic E-state index is 6.17. The van der Waals surface area contributed by atoms with Crippen molar-refractivity contribution in [3.05, 3.63) is 17.3 Å². The number of halogens is 1. The molecular formula is C12H19ClN4O. The Morgan fingerprint density at radius 3 is 2.72 bits per heavy atom. The second kappa shape index (κ2) is 6.22. The molecule has 1 aromatic heterocycles. The van der Waals surface area contributed by atoms with Crippen molar-refractivity contribution in [3.8, 4) is 0 Å². The largest absolute Gasteiger partial charge is 0.397 e. The maximum Gasteiger partial charge on any atom is 0.147 e. The van der Waals surface area contributed by atoms with E-state index < -0.39 is 0 Å². The summed E-state index contributed by atoms with van der Waals surface area (Å²) in [5.41, 5.74) is 6.25. The van der Waals surface area contributed by atoms with Crippen molar-refractivity contribution in [2.75, 3.05) is 57.1 Å². The van der Waals surface area contributed by atoms with Crippen molar-refractivity contribution >= 4 is 23.1 Å². The summed E-state index contributed by atoms with van der Waals surface area (Å²) in [6, 6.07) is 1.75. The number of rotatable bonds is 4. The second-order valence-corrected chi connectivity index (χ2v) is 4.80. The number of nitrogen functional groups attached to an aromatic ring is 1. The van der Waals surface area contributed by atoms with Crippen molar-refractivity contribution < 1.29 is 4.74 Å². The Kier molecular flexibility index (Phi) is 4.63. The molecule has 5 nitrogen and oxygen atoms in total. The monoisotopic (exact) mass is 270 g/mol. The first-order valence-corrected chi connectivity index (χ1v) is 6.46. The number of nitrogens with zero attached hydrogens (tertiary/aromatic N) is 3. The van der Waals surface area contributed by atoms with Gasteiger partial charge in [0.1, 0.15) is 5.82 Å². The molecule has 6 heteroatoms. The Balaban J connectivity index is 1.93. The summed E-state index contributed by atoms with van der Waals surface area (Å²) in [7, 11) is 1.73. The van der Waals surface area contributed by atoms with Gasteiger partial charge >= 0.3 is 0 Å². The summed E-state index contributed by atoms with van der Waals surface area (Å²) in [6.45, 7) is 5.63. The summed E-state index contributed by atoms with van der Waals surface area (Å²) in [6.07, 6.45) is 1.65. The quantitative estimate of drug-likeness (QED) is 0.888. The van der Waals surface area contributed by atoms with Crippen molar-refractivity contribution in [3.63, 3.8) is 0 Å². The molecule has 0 aromatic carbocycles. The van der Waals surface area contributed by atoms with Gasteiger partial charge in [0.2, 0.25) is 0 Å². The number of methoxy groups -OCH3 is 1. The third-order valence-electron chi connectivity index (χ3n) is 3.13. The predicted molar refractivity (Wildman–Crippen MR) is 74.2 cm³/mol. The molecule has 0 amide bonds. The van der Waals surface area contributed by atoms with Gasteiger partial charge in [-0.3, -0.25) is 4.90 Å². The van der Waals surface area contributed by atoms with Crippen LogP contribution in [0.4, 0.5) is 11.5 Å². The fourth-order valence-electron chi connectivity index (χ4n) is 2.08. The number of hydrogen-bond donors (Lipinski definition) is 1. The zero-order valence-corrected chi connectivity index (χ0v) is 11.4. The minimum atomic E-state index is 0.600. The van der Waals surface area contributed by atoms with E-state index in [-0.39, 0.29) is 0 Å². The molecule has 18 heavy (non-hydrogen) atoms. The van der Waals surface area contributed by atoms with E-state index in [0.29, 0.717) is 10.7 Å². The van der Waals surface area contributed by atoms with Crippen molar-refractivity contribution in [2.45, 2.75) is 0 Å². The van der Waals surface area contributed by atoms with Gasteiger partial charge in [-0.1, -0.05) is 11.6 Å². The van der Waals surface area contributed by atoms with E-state index in [1.54, 1.807) is 19.4 Å². The zero-order valence-electron chi connectivity index (χ0n) is 10.6. The lowest BCUT2D eigenvalue weighted by Gasteiger charge is -2.35. The van der Waals surface area contributed by atoms with Gasteiger partial charge in [0, 0.05) is 39.8 Å². The highest BCUT2D eigenvalue weighted by Crippen LogP contribution is 2.25. The smallest absolute Gasteiger partial charge is 0.147 e. The van der Waals surface area contributed by atoms with E-state index in [9.17, 15) is 0 Å². The molecule has 1 fully saturated rings. The fraction of sp³-hybridized carbons (Fsp3) is 0.583. The maximum atomic E-state index is 6.17. The molecule has 2 N–H and O–H groups in total. The first-order chi connectivity index (χ1) is 8.70. The molecule has 0 bridgehead atoms. The van der Waals surface area contributed by atoms with Crippen LogP contribution in [0.2, 0.25) is 5.02 Å². The van der Waals surface area contributed by atoms with Gasteiger partial charge < -0.3 is 15.4 Å². The van der Waals surface area contributed by atoms with Crippen LogP contribution in [-0.4, -0.2) is 56.3 Å². The predicted octanol–water partition coefficient (Wildman–Crippen LogP) is 1.09. The number of pyridine rings is 1. The molecule has 0 unspecified atom stereocenters. The van der Waals surface area contributed by atoms with Crippen LogP contribution in [0.5, 0.6) is 0 Å². The summed E-state index contributed by atoms with van der Waals surface area (Å²) in [5, 5.41) is 0.625. The van der Waals surface area contributed by atoms with Crippen molar-refractivity contribution in [1.29, 1.82) is 0 Å². The van der Waals surface area contributed by atoms with Crippen molar-refractivity contribution in [2.24, 2.45) is 0 Å². The Morgan fingerprint density at radius 1 is 1.39 bits per heavy atom. The number of aromatic nitrogens is 1. The SMILES string of the molecule is COCCN1CCN(c2ncc(N)cc2Cl)CC1. The first kappa shape index (κ1) is 13.4. The van der Waals surface area contributed by atoms with E-state index in [4.69, 9.17) is 22.1 Å². The van der Waals surface area contributed by atoms with E-state index in [0.717, 1.165) is 45.1 Å².